The van der Waals surface area contributed by atoms with E-state index in [4.69, 9.17) is 34.8 Å². The number of halogens is 5. The van der Waals surface area contributed by atoms with E-state index in [1.54, 1.807) is 19.1 Å². The molecule has 3 rings (SSSR count). The third kappa shape index (κ3) is 5.32. The summed E-state index contributed by atoms with van der Waals surface area (Å²) >= 11 is 18.0. The maximum atomic E-state index is 14.0. The highest BCUT2D eigenvalue weighted by molar-refractivity contribution is 7.92. The second-order valence-electron chi connectivity index (χ2n) is 6.71. The van der Waals surface area contributed by atoms with Crippen LogP contribution in [-0.2, 0) is 10.0 Å². The lowest BCUT2D eigenvalue weighted by molar-refractivity contribution is 0.0941. The van der Waals surface area contributed by atoms with Gasteiger partial charge in [0.05, 0.1) is 17.3 Å². The number of benzene rings is 3. The highest BCUT2D eigenvalue weighted by Gasteiger charge is 2.26. The van der Waals surface area contributed by atoms with Gasteiger partial charge >= 0.3 is 0 Å². The Labute approximate surface area is 198 Å². The molecule has 0 bridgehead atoms. The number of anilines is 1. The number of nitrogens with one attached hydrogen (secondary N) is 2. The van der Waals surface area contributed by atoms with Crippen LogP contribution in [0.4, 0.5) is 14.5 Å². The lowest BCUT2D eigenvalue weighted by Gasteiger charge is -2.18. The highest BCUT2D eigenvalue weighted by Crippen LogP contribution is 2.29. The molecule has 0 aliphatic heterocycles. The van der Waals surface area contributed by atoms with E-state index >= 15 is 0 Å². The van der Waals surface area contributed by atoms with Crippen LogP contribution < -0.4 is 10.0 Å². The van der Waals surface area contributed by atoms with Crippen LogP contribution in [0.25, 0.3) is 0 Å². The first-order valence-electron chi connectivity index (χ1n) is 9.02. The van der Waals surface area contributed by atoms with E-state index in [2.05, 4.69) is 5.32 Å². The van der Waals surface area contributed by atoms with Crippen LogP contribution >= 0.6 is 34.8 Å². The van der Waals surface area contributed by atoms with Gasteiger partial charge in [-0.3, -0.25) is 9.52 Å². The summed E-state index contributed by atoms with van der Waals surface area (Å²) in [6, 6.07) is 10.7. The molecule has 0 aliphatic carbocycles. The number of sulfonamides is 1. The second-order valence-corrected chi connectivity index (χ2v) is 9.61. The SMILES string of the molecule is C[C@@H](NC(=O)c1ccc(Cl)cc1NS(=O)(=O)c1c(F)cccc1F)c1ccc(Cl)cc1Cl. The van der Waals surface area contributed by atoms with Crippen molar-refractivity contribution in [2.45, 2.75) is 17.9 Å². The molecular formula is C21H15Cl3F2N2O3S. The normalized spacial score (nSPS) is 12.3. The zero-order valence-electron chi connectivity index (χ0n) is 16.3. The third-order valence-electron chi connectivity index (χ3n) is 4.43. The Kier molecular flexibility index (Phi) is 7.29. The Morgan fingerprint density at radius 1 is 0.938 bits per heavy atom. The molecule has 0 saturated carbocycles. The van der Waals surface area contributed by atoms with Gasteiger partial charge in [-0.25, -0.2) is 17.2 Å². The lowest BCUT2D eigenvalue weighted by atomic mass is 10.1. The minimum atomic E-state index is -4.71. The van der Waals surface area contributed by atoms with Gasteiger partial charge in [0.25, 0.3) is 15.9 Å². The van der Waals surface area contributed by atoms with Crippen molar-refractivity contribution >= 4 is 56.4 Å². The van der Waals surface area contributed by atoms with E-state index in [0.29, 0.717) is 15.6 Å². The van der Waals surface area contributed by atoms with Crippen molar-refractivity contribution in [3.05, 3.63) is 92.4 Å². The molecule has 5 nitrogen and oxygen atoms in total. The molecule has 11 heteroatoms. The van der Waals surface area contributed by atoms with Crippen molar-refractivity contribution in [2.24, 2.45) is 0 Å². The number of hydrogen-bond acceptors (Lipinski definition) is 3. The van der Waals surface area contributed by atoms with Gasteiger partial charge in [-0.05, 0) is 55.0 Å². The summed E-state index contributed by atoms with van der Waals surface area (Å²) in [5.74, 6) is -3.24. The second kappa shape index (κ2) is 9.62. The van der Waals surface area contributed by atoms with Crippen molar-refractivity contribution in [3.8, 4) is 0 Å². The Bertz CT molecular complexity index is 1280. The van der Waals surface area contributed by atoms with Gasteiger partial charge in [-0.2, -0.15) is 0 Å². The molecule has 0 unspecified atom stereocenters. The van der Waals surface area contributed by atoms with Gasteiger partial charge in [0, 0.05) is 15.1 Å². The van der Waals surface area contributed by atoms with Crippen LogP contribution in [0.2, 0.25) is 15.1 Å². The molecule has 0 fully saturated rings. The number of carbonyl (C=O) groups excluding carboxylic acids is 1. The summed E-state index contributed by atoms with van der Waals surface area (Å²) < 4.78 is 55.4. The zero-order chi connectivity index (χ0) is 23.6. The molecule has 0 aromatic heterocycles. The van der Waals surface area contributed by atoms with Crippen LogP contribution in [0.3, 0.4) is 0 Å². The minimum absolute atomic E-state index is 0.0991. The first-order valence-corrected chi connectivity index (χ1v) is 11.6. The predicted molar refractivity (Wildman–Crippen MR) is 121 cm³/mol. The van der Waals surface area contributed by atoms with E-state index in [0.717, 1.165) is 24.3 Å². The quantitative estimate of drug-likeness (QED) is 0.406. The average molecular weight is 520 g/mol. The molecule has 1 atom stereocenters. The van der Waals surface area contributed by atoms with Crippen molar-refractivity contribution < 1.29 is 22.0 Å². The van der Waals surface area contributed by atoms with Gasteiger partial charge < -0.3 is 5.32 Å². The Morgan fingerprint density at radius 3 is 2.16 bits per heavy atom. The lowest BCUT2D eigenvalue weighted by Crippen LogP contribution is -2.28. The van der Waals surface area contributed by atoms with E-state index < -0.39 is 38.5 Å². The summed E-state index contributed by atoms with van der Waals surface area (Å²) in [4.78, 5) is 11.7. The molecule has 3 aromatic rings. The summed E-state index contributed by atoms with van der Waals surface area (Å²) in [6.45, 7) is 1.67. The number of carbonyl (C=O) groups is 1. The zero-order valence-corrected chi connectivity index (χ0v) is 19.4. The molecule has 0 spiro atoms. The summed E-state index contributed by atoms with van der Waals surface area (Å²) in [6.07, 6.45) is 0. The van der Waals surface area contributed by atoms with Crippen LogP contribution in [-0.4, -0.2) is 14.3 Å². The third-order valence-corrected chi connectivity index (χ3v) is 6.65. The monoisotopic (exact) mass is 518 g/mol. The van der Waals surface area contributed by atoms with Crippen LogP contribution in [0, 0.1) is 11.6 Å². The molecular weight excluding hydrogens is 505 g/mol. The molecule has 0 aliphatic rings. The Hall–Kier alpha value is -2.39. The number of rotatable bonds is 6. The van der Waals surface area contributed by atoms with Crippen molar-refractivity contribution in [1.82, 2.24) is 5.32 Å². The van der Waals surface area contributed by atoms with Gasteiger partial charge in [0.2, 0.25) is 0 Å². The molecule has 0 radical (unpaired) electrons. The largest absolute Gasteiger partial charge is 0.345 e. The summed E-state index contributed by atoms with van der Waals surface area (Å²) in [7, 11) is -4.71. The van der Waals surface area contributed by atoms with Gasteiger partial charge in [0.15, 0.2) is 4.90 Å². The van der Waals surface area contributed by atoms with Gasteiger partial charge in [-0.1, -0.05) is 46.9 Å². The summed E-state index contributed by atoms with van der Waals surface area (Å²) in [5.41, 5.74) is 0.202. The first-order chi connectivity index (χ1) is 15.0. The fourth-order valence-corrected chi connectivity index (χ4v) is 4.89. The van der Waals surface area contributed by atoms with Gasteiger partial charge in [0.1, 0.15) is 11.6 Å². The topological polar surface area (TPSA) is 75.3 Å². The van der Waals surface area contributed by atoms with Crippen molar-refractivity contribution in [3.63, 3.8) is 0 Å². The predicted octanol–water partition coefficient (Wildman–Crippen LogP) is 6.22. The molecule has 32 heavy (non-hydrogen) atoms. The van der Waals surface area contributed by atoms with E-state index in [1.165, 1.54) is 18.2 Å². The van der Waals surface area contributed by atoms with E-state index in [-0.39, 0.29) is 16.3 Å². The number of hydrogen-bond donors (Lipinski definition) is 2. The van der Waals surface area contributed by atoms with Crippen LogP contribution in [0.15, 0.2) is 59.5 Å². The van der Waals surface area contributed by atoms with Crippen molar-refractivity contribution in [1.29, 1.82) is 0 Å². The smallest absolute Gasteiger partial charge is 0.267 e. The van der Waals surface area contributed by atoms with E-state index in [1.807, 2.05) is 4.72 Å². The van der Waals surface area contributed by atoms with E-state index in [9.17, 15) is 22.0 Å². The molecule has 168 valence electrons. The number of amides is 1. The first kappa shape index (κ1) is 24.3. The standard InChI is InChI=1S/C21H15Cl3F2N2O3S/c1-11(14-7-5-12(22)9-16(14)24)27-21(29)15-8-6-13(23)10-19(15)28-32(30,31)20-17(25)3-2-4-18(20)26/h2-11,28H,1H3,(H,27,29)/t11-/m1/s1. The molecule has 0 saturated heterocycles. The summed E-state index contributed by atoms with van der Waals surface area (Å²) in [5, 5.41) is 3.54. The highest BCUT2D eigenvalue weighted by atomic mass is 35.5. The molecule has 2 N–H and O–H groups in total. The Balaban J connectivity index is 1.93. The molecule has 3 aromatic carbocycles. The molecule has 0 heterocycles. The maximum Gasteiger partial charge on any atom is 0.267 e. The molecule has 1 amide bonds. The average Bonchev–Trinajstić information content (AvgIpc) is 2.67. The maximum absolute atomic E-state index is 14.0. The van der Waals surface area contributed by atoms with Crippen LogP contribution in [0.1, 0.15) is 28.9 Å². The minimum Gasteiger partial charge on any atom is -0.345 e. The fourth-order valence-electron chi connectivity index (χ4n) is 2.94. The Morgan fingerprint density at radius 2 is 1.53 bits per heavy atom. The fraction of sp³-hybridized carbons (Fsp3) is 0.0952. The van der Waals surface area contributed by atoms with Crippen LogP contribution in [0.5, 0.6) is 0 Å². The van der Waals surface area contributed by atoms with Crippen molar-refractivity contribution in [2.75, 3.05) is 4.72 Å². The van der Waals surface area contributed by atoms with Gasteiger partial charge in [-0.15, -0.1) is 0 Å².